The minimum Gasteiger partial charge on any atom is -0.406 e. The standard InChI is InChI=1S/C27H24F4N6O2S/c1-15(2)19-6-4-5-7-21(19)34-26(40)35-32-14-16-12-20(28)23-22(13-16)37(3)36-24(23)25(38)33-17-8-10-18(11-9-17)39-27(29,30)31/h4-15H,1-3H3,(H,33,38)(H2,34,35,40)/b32-14+. The first-order valence-corrected chi connectivity index (χ1v) is 12.3. The summed E-state index contributed by atoms with van der Waals surface area (Å²) in [6, 6.07) is 15.1. The molecular weight excluding hydrogens is 548 g/mol. The number of anilines is 2. The Morgan fingerprint density at radius 2 is 1.80 bits per heavy atom. The molecule has 1 amide bonds. The maximum Gasteiger partial charge on any atom is 0.573 e. The molecule has 0 saturated heterocycles. The molecule has 208 valence electrons. The molecule has 3 aromatic carbocycles. The highest BCUT2D eigenvalue weighted by Gasteiger charge is 2.31. The second-order valence-corrected chi connectivity index (χ2v) is 9.37. The number of fused-ring (bicyclic) bond motifs is 1. The number of benzene rings is 3. The molecule has 0 bridgehead atoms. The van der Waals surface area contributed by atoms with Crippen LogP contribution >= 0.6 is 12.2 Å². The van der Waals surface area contributed by atoms with Crippen molar-refractivity contribution in [2.24, 2.45) is 12.1 Å². The molecule has 0 atom stereocenters. The predicted octanol–water partition coefficient (Wildman–Crippen LogP) is 6.31. The van der Waals surface area contributed by atoms with Crippen molar-refractivity contribution < 1.29 is 27.1 Å². The quantitative estimate of drug-likeness (QED) is 0.104. The van der Waals surface area contributed by atoms with E-state index in [2.05, 4.69) is 44.8 Å². The molecule has 0 aliphatic carbocycles. The van der Waals surface area contributed by atoms with Crippen molar-refractivity contribution in [2.75, 3.05) is 10.6 Å². The fourth-order valence-corrected chi connectivity index (χ4v) is 4.11. The number of hydrogen-bond donors (Lipinski definition) is 3. The summed E-state index contributed by atoms with van der Waals surface area (Å²) in [7, 11) is 1.55. The number of alkyl halides is 3. The van der Waals surface area contributed by atoms with Gasteiger partial charge in [-0.05, 0) is 71.7 Å². The summed E-state index contributed by atoms with van der Waals surface area (Å²) in [5.41, 5.74) is 5.34. The van der Waals surface area contributed by atoms with E-state index in [4.69, 9.17) is 12.2 Å². The lowest BCUT2D eigenvalue weighted by atomic mass is 10.0. The smallest absolute Gasteiger partial charge is 0.406 e. The Morgan fingerprint density at radius 3 is 2.48 bits per heavy atom. The summed E-state index contributed by atoms with van der Waals surface area (Å²) >= 11 is 5.31. The van der Waals surface area contributed by atoms with E-state index >= 15 is 4.39 Å². The van der Waals surface area contributed by atoms with Crippen molar-refractivity contribution in [1.82, 2.24) is 15.2 Å². The van der Waals surface area contributed by atoms with Gasteiger partial charge < -0.3 is 15.4 Å². The Labute approximate surface area is 232 Å². The van der Waals surface area contributed by atoms with Crippen LogP contribution in [-0.4, -0.2) is 33.4 Å². The topological polar surface area (TPSA) is 92.6 Å². The largest absolute Gasteiger partial charge is 0.573 e. The number of nitrogens with zero attached hydrogens (tertiary/aromatic N) is 3. The van der Waals surface area contributed by atoms with Gasteiger partial charge in [-0.25, -0.2) is 4.39 Å². The molecule has 13 heteroatoms. The van der Waals surface area contributed by atoms with Gasteiger partial charge in [0, 0.05) is 18.4 Å². The Balaban J connectivity index is 1.46. The third kappa shape index (κ3) is 6.91. The first-order valence-electron chi connectivity index (χ1n) is 11.9. The van der Waals surface area contributed by atoms with Gasteiger partial charge in [0.2, 0.25) is 0 Å². The van der Waals surface area contributed by atoms with Gasteiger partial charge in [-0.2, -0.15) is 10.2 Å². The molecule has 0 radical (unpaired) electrons. The van der Waals surface area contributed by atoms with Crippen molar-refractivity contribution in [1.29, 1.82) is 0 Å². The van der Waals surface area contributed by atoms with Crippen LogP contribution in [0.2, 0.25) is 0 Å². The van der Waals surface area contributed by atoms with Crippen LogP contribution < -0.4 is 20.8 Å². The molecule has 3 N–H and O–H groups in total. The van der Waals surface area contributed by atoms with Crippen LogP contribution in [0.15, 0.2) is 65.8 Å². The highest BCUT2D eigenvalue weighted by Crippen LogP contribution is 2.27. The summed E-state index contributed by atoms with van der Waals surface area (Å²) in [5, 5.41) is 14.0. The summed E-state index contributed by atoms with van der Waals surface area (Å²) in [6.07, 6.45) is -3.46. The van der Waals surface area contributed by atoms with Crippen molar-refractivity contribution in [2.45, 2.75) is 26.1 Å². The zero-order chi connectivity index (χ0) is 29.0. The Morgan fingerprint density at radius 1 is 1.10 bits per heavy atom. The number of nitrogens with one attached hydrogen (secondary N) is 3. The van der Waals surface area contributed by atoms with E-state index in [1.165, 1.54) is 29.1 Å². The van der Waals surface area contributed by atoms with Crippen LogP contribution in [0.25, 0.3) is 10.9 Å². The maximum absolute atomic E-state index is 15.1. The minimum atomic E-state index is -4.84. The van der Waals surface area contributed by atoms with Gasteiger partial charge in [0.25, 0.3) is 5.91 Å². The SMILES string of the molecule is CC(C)c1ccccc1NC(=S)N/N=C/c1cc(F)c2c(C(=O)Nc3ccc(OC(F)(F)F)cc3)nn(C)c2c1. The second kappa shape index (κ2) is 11.7. The van der Waals surface area contributed by atoms with Crippen LogP contribution in [0.4, 0.5) is 28.9 Å². The molecule has 8 nitrogen and oxygen atoms in total. The number of hydrazone groups is 1. The lowest BCUT2D eigenvalue weighted by Gasteiger charge is -2.14. The van der Waals surface area contributed by atoms with Gasteiger partial charge in [0.05, 0.1) is 17.1 Å². The molecule has 1 aromatic heterocycles. The predicted molar refractivity (Wildman–Crippen MR) is 149 cm³/mol. The molecule has 40 heavy (non-hydrogen) atoms. The fraction of sp³-hybridized carbons (Fsp3) is 0.185. The lowest BCUT2D eigenvalue weighted by Crippen LogP contribution is -2.24. The van der Waals surface area contributed by atoms with Gasteiger partial charge >= 0.3 is 6.36 Å². The molecule has 1 heterocycles. The summed E-state index contributed by atoms with van der Waals surface area (Å²) < 4.78 is 57.4. The van der Waals surface area contributed by atoms with Crippen LogP contribution in [0.3, 0.4) is 0 Å². The minimum absolute atomic E-state index is 0.0235. The number of thiocarbonyl (C=S) groups is 1. The molecule has 0 fully saturated rings. The number of ether oxygens (including phenoxy) is 1. The molecule has 0 saturated carbocycles. The van der Waals surface area contributed by atoms with E-state index < -0.39 is 23.8 Å². The van der Waals surface area contributed by atoms with Gasteiger partial charge in [0.1, 0.15) is 11.6 Å². The molecule has 0 aliphatic heterocycles. The molecule has 0 aliphatic rings. The lowest BCUT2D eigenvalue weighted by molar-refractivity contribution is -0.274. The number of carbonyl (C=O) groups is 1. The van der Waals surface area contributed by atoms with Crippen LogP contribution in [-0.2, 0) is 7.05 Å². The second-order valence-electron chi connectivity index (χ2n) is 8.96. The average Bonchev–Trinajstić information content (AvgIpc) is 3.21. The fourth-order valence-electron chi connectivity index (χ4n) is 3.95. The van der Waals surface area contributed by atoms with Crippen LogP contribution in [0.1, 0.15) is 41.4 Å². The third-order valence-corrected chi connectivity index (χ3v) is 5.89. The summed E-state index contributed by atoms with van der Waals surface area (Å²) in [6.45, 7) is 4.14. The number of hydrogen-bond acceptors (Lipinski definition) is 5. The van der Waals surface area contributed by atoms with Crippen molar-refractivity contribution in [3.05, 3.63) is 83.3 Å². The summed E-state index contributed by atoms with van der Waals surface area (Å²) in [4.78, 5) is 12.8. The van der Waals surface area contributed by atoms with E-state index in [1.54, 1.807) is 13.1 Å². The first-order chi connectivity index (χ1) is 18.9. The first kappa shape index (κ1) is 28.5. The highest BCUT2D eigenvalue weighted by molar-refractivity contribution is 7.80. The molecule has 4 rings (SSSR count). The summed E-state index contributed by atoms with van der Waals surface area (Å²) in [5.74, 6) is -1.61. The number of amides is 1. The zero-order valence-corrected chi connectivity index (χ0v) is 22.3. The maximum atomic E-state index is 15.1. The number of aryl methyl sites for hydroxylation is 1. The van der Waals surface area contributed by atoms with Crippen molar-refractivity contribution >= 4 is 51.7 Å². The third-order valence-electron chi connectivity index (χ3n) is 5.70. The molecule has 4 aromatic rings. The van der Waals surface area contributed by atoms with Gasteiger partial charge in [0.15, 0.2) is 10.8 Å². The Kier molecular flexibility index (Phi) is 8.33. The number of aromatic nitrogens is 2. The monoisotopic (exact) mass is 572 g/mol. The zero-order valence-electron chi connectivity index (χ0n) is 21.5. The Bertz CT molecular complexity index is 1580. The molecular formula is C27H24F4N6O2S. The molecule has 0 unspecified atom stereocenters. The van der Waals surface area contributed by atoms with Crippen LogP contribution in [0, 0.1) is 5.82 Å². The number of halogens is 4. The number of rotatable bonds is 7. The van der Waals surface area contributed by atoms with Gasteiger partial charge in [-0.1, -0.05) is 32.0 Å². The van der Waals surface area contributed by atoms with Crippen molar-refractivity contribution in [3.8, 4) is 5.75 Å². The van der Waals surface area contributed by atoms with Crippen LogP contribution in [0.5, 0.6) is 5.75 Å². The van der Waals surface area contributed by atoms with Gasteiger partial charge in [-0.15, -0.1) is 13.2 Å². The highest BCUT2D eigenvalue weighted by atomic mass is 32.1. The molecule has 0 spiro atoms. The van der Waals surface area contributed by atoms with E-state index in [0.717, 1.165) is 23.4 Å². The van der Waals surface area contributed by atoms with E-state index in [1.807, 2.05) is 24.3 Å². The van der Waals surface area contributed by atoms with Crippen molar-refractivity contribution in [3.63, 3.8) is 0 Å². The average molecular weight is 573 g/mol. The number of para-hydroxylation sites is 1. The normalized spacial score (nSPS) is 11.7. The van der Waals surface area contributed by atoms with E-state index in [0.29, 0.717) is 11.1 Å². The number of carbonyl (C=O) groups excluding carboxylic acids is 1. The van der Waals surface area contributed by atoms with E-state index in [-0.39, 0.29) is 27.8 Å². The van der Waals surface area contributed by atoms with E-state index in [9.17, 15) is 18.0 Å². The Hall–Kier alpha value is -4.52. The van der Waals surface area contributed by atoms with Gasteiger partial charge in [-0.3, -0.25) is 14.9 Å².